The number of hydrogen-bond acceptors (Lipinski definition) is 3. The van der Waals surface area contributed by atoms with Gasteiger partial charge in [-0.1, -0.05) is 23.2 Å². The minimum Gasteiger partial charge on any atom is -0.479 e. The second-order valence-electron chi connectivity index (χ2n) is 4.93. The molecule has 0 aliphatic rings. The molecule has 0 saturated carbocycles. The normalized spacial score (nSPS) is 12.6. The smallest absolute Gasteiger partial charge is 0.417 e. The Labute approximate surface area is 150 Å². The van der Waals surface area contributed by atoms with E-state index in [1.54, 1.807) is 0 Å². The van der Waals surface area contributed by atoms with Crippen LogP contribution in [0.15, 0.2) is 36.4 Å². The molecule has 0 fully saturated rings. The fourth-order valence-corrected chi connectivity index (χ4v) is 2.25. The Morgan fingerprint density at radius 3 is 2.16 bits per heavy atom. The molecule has 0 spiro atoms. The lowest BCUT2D eigenvalue weighted by atomic mass is 10.2. The maximum Gasteiger partial charge on any atom is 0.417 e. The van der Waals surface area contributed by atoms with Crippen LogP contribution in [0.5, 0.6) is 17.2 Å². The number of halogens is 5. The van der Waals surface area contributed by atoms with E-state index in [4.69, 9.17) is 37.8 Å². The largest absolute Gasteiger partial charge is 0.479 e. The SMILES string of the molecule is CC(Oc1ccc(Oc2cc(Cl)c(C(F)(F)F)cc2Cl)cc1)C(=O)O. The highest BCUT2D eigenvalue weighted by Crippen LogP contribution is 2.41. The van der Waals surface area contributed by atoms with Crippen molar-refractivity contribution in [3.63, 3.8) is 0 Å². The Morgan fingerprint density at radius 1 is 1.08 bits per heavy atom. The molecular weight excluding hydrogens is 384 g/mol. The zero-order chi connectivity index (χ0) is 18.8. The first-order valence-corrected chi connectivity index (χ1v) is 7.57. The number of hydrogen-bond donors (Lipinski definition) is 1. The molecule has 0 radical (unpaired) electrons. The molecular formula is C16H11Cl2F3O4. The van der Waals surface area contributed by atoms with Crippen molar-refractivity contribution in [3.8, 4) is 17.2 Å². The van der Waals surface area contributed by atoms with Gasteiger partial charge < -0.3 is 14.6 Å². The number of benzene rings is 2. The van der Waals surface area contributed by atoms with Crippen molar-refractivity contribution in [1.82, 2.24) is 0 Å². The van der Waals surface area contributed by atoms with Gasteiger partial charge in [-0.3, -0.25) is 0 Å². The number of aliphatic carboxylic acids is 1. The first-order chi connectivity index (χ1) is 11.6. The molecule has 0 aliphatic heterocycles. The molecule has 1 N–H and O–H groups in total. The lowest BCUT2D eigenvalue weighted by molar-refractivity contribution is -0.144. The molecule has 1 unspecified atom stereocenters. The number of carbonyl (C=O) groups is 1. The van der Waals surface area contributed by atoms with Crippen LogP contribution in [0.3, 0.4) is 0 Å². The topological polar surface area (TPSA) is 55.8 Å². The average molecular weight is 395 g/mol. The Morgan fingerprint density at radius 2 is 1.64 bits per heavy atom. The van der Waals surface area contributed by atoms with Crippen LogP contribution in [0.25, 0.3) is 0 Å². The van der Waals surface area contributed by atoms with Crippen molar-refractivity contribution in [3.05, 3.63) is 52.0 Å². The molecule has 0 bridgehead atoms. The summed E-state index contributed by atoms with van der Waals surface area (Å²) in [5, 5.41) is 7.98. The zero-order valence-electron chi connectivity index (χ0n) is 12.6. The molecule has 0 saturated heterocycles. The Kier molecular flexibility index (Phi) is 5.69. The highest BCUT2D eigenvalue weighted by Gasteiger charge is 2.34. The van der Waals surface area contributed by atoms with E-state index in [1.165, 1.54) is 31.2 Å². The monoisotopic (exact) mass is 394 g/mol. The van der Waals surface area contributed by atoms with E-state index in [9.17, 15) is 18.0 Å². The summed E-state index contributed by atoms with van der Waals surface area (Å²) in [5.74, 6) is -0.620. The Balaban J connectivity index is 2.17. The summed E-state index contributed by atoms with van der Waals surface area (Å²) in [6.07, 6.45) is -5.66. The second kappa shape index (κ2) is 7.41. The highest BCUT2D eigenvalue weighted by atomic mass is 35.5. The number of carboxylic acid groups (broad SMARTS) is 1. The standard InChI is InChI=1S/C16H11Cl2F3O4/c1-8(15(22)23)24-9-2-4-10(5-3-9)25-14-7-12(17)11(6-13(14)18)16(19,20)21/h2-8H,1H3,(H,22,23). The van der Waals surface area contributed by atoms with Gasteiger partial charge >= 0.3 is 12.1 Å². The van der Waals surface area contributed by atoms with Crippen LogP contribution in [0.2, 0.25) is 10.0 Å². The average Bonchev–Trinajstić information content (AvgIpc) is 2.51. The molecule has 0 aliphatic carbocycles. The predicted molar refractivity (Wildman–Crippen MR) is 85.7 cm³/mol. The van der Waals surface area contributed by atoms with E-state index >= 15 is 0 Å². The summed E-state index contributed by atoms with van der Waals surface area (Å²) in [4.78, 5) is 10.7. The lowest BCUT2D eigenvalue weighted by Gasteiger charge is -2.14. The van der Waals surface area contributed by atoms with Crippen molar-refractivity contribution in [1.29, 1.82) is 0 Å². The molecule has 9 heteroatoms. The van der Waals surface area contributed by atoms with Crippen LogP contribution < -0.4 is 9.47 Å². The molecule has 0 heterocycles. The van der Waals surface area contributed by atoms with Gasteiger partial charge in [0.1, 0.15) is 17.2 Å². The molecule has 2 aromatic carbocycles. The van der Waals surface area contributed by atoms with Gasteiger partial charge in [-0.2, -0.15) is 13.2 Å². The van der Waals surface area contributed by atoms with E-state index in [2.05, 4.69) is 0 Å². The third-order valence-electron chi connectivity index (χ3n) is 3.04. The number of carboxylic acids is 1. The van der Waals surface area contributed by atoms with E-state index in [-0.39, 0.29) is 16.5 Å². The van der Waals surface area contributed by atoms with Crippen LogP contribution in [-0.4, -0.2) is 17.2 Å². The van der Waals surface area contributed by atoms with Gasteiger partial charge in [0.2, 0.25) is 0 Å². The Hall–Kier alpha value is -2.12. The van der Waals surface area contributed by atoms with Gasteiger partial charge in [0.15, 0.2) is 6.10 Å². The maximum atomic E-state index is 12.8. The number of alkyl halides is 3. The minimum absolute atomic E-state index is 0.0489. The van der Waals surface area contributed by atoms with Crippen molar-refractivity contribution >= 4 is 29.2 Å². The van der Waals surface area contributed by atoms with Crippen molar-refractivity contribution in [2.45, 2.75) is 19.2 Å². The van der Waals surface area contributed by atoms with Crippen LogP contribution in [0.4, 0.5) is 13.2 Å². The van der Waals surface area contributed by atoms with Gasteiger partial charge in [0.05, 0.1) is 15.6 Å². The van der Waals surface area contributed by atoms with Crippen LogP contribution in [0.1, 0.15) is 12.5 Å². The van der Waals surface area contributed by atoms with Crippen LogP contribution >= 0.6 is 23.2 Å². The molecule has 134 valence electrons. The summed E-state index contributed by atoms with van der Waals surface area (Å²) in [5.41, 5.74) is -1.06. The molecule has 2 aromatic rings. The summed E-state index contributed by atoms with van der Waals surface area (Å²) in [6, 6.07) is 7.47. The van der Waals surface area contributed by atoms with E-state index in [0.29, 0.717) is 11.8 Å². The van der Waals surface area contributed by atoms with E-state index in [0.717, 1.165) is 6.07 Å². The van der Waals surface area contributed by atoms with Crippen LogP contribution in [0, 0.1) is 0 Å². The molecule has 0 aromatic heterocycles. The zero-order valence-corrected chi connectivity index (χ0v) is 14.1. The molecule has 4 nitrogen and oxygen atoms in total. The van der Waals surface area contributed by atoms with E-state index < -0.39 is 28.8 Å². The van der Waals surface area contributed by atoms with Crippen molar-refractivity contribution < 1.29 is 32.5 Å². The predicted octanol–water partition coefficient (Wildman–Crippen LogP) is 5.66. The molecule has 0 amide bonds. The fourth-order valence-electron chi connectivity index (χ4n) is 1.79. The number of rotatable bonds is 5. The van der Waals surface area contributed by atoms with Crippen molar-refractivity contribution in [2.75, 3.05) is 0 Å². The minimum atomic E-state index is -4.63. The highest BCUT2D eigenvalue weighted by molar-refractivity contribution is 6.34. The van der Waals surface area contributed by atoms with E-state index in [1.807, 2.05) is 0 Å². The van der Waals surface area contributed by atoms with Gasteiger partial charge in [-0.25, -0.2) is 4.79 Å². The summed E-state index contributed by atoms with van der Waals surface area (Å²) in [6.45, 7) is 1.37. The van der Waals surface area contributed by atoms with Crippen molar-refractivity contribution in [2.24, 2.45) is 0 Å². The first kappa shape index (κ1) is 19.2. The molecule has 1 atom stereocenters. The first-order valence-electron chi connectivity index (χ1n) is 6.81. The maximum absolute atomic E-state index is 12.8. The Bertz CT molecular complexity index is 776. The third-order valence-corrected chi connectivity index (χ3v) is 3.65. The van der Waals surface area contributed by atoms with Gasteiger partial charge in [0.25, 0.3) is 0 Å². The third kappa shape index (κ3) is 4.93. The number of ether oxygens (including phenoxy) is 2. The van der Waals surface area contributed by atoms with Gasteiger partial charge in [-0.15, -0.1) is 0 Å². The second-order valence-corrected chi connectivity index (χ2v) is 5.75. The lowest BCUT2D eigenvalue weighted by Crippen LogP contribution is -2.22. The molecule has 2 rings (SSSR count). The summed E-state index contributed by atoms with van der Waals surface area (Å²) < 4.78 is 48.8. The van der Waals surface area contributed by atoms with Gasteiger partial charge in [-0.05, 0) is 37.3 Å². The molecule has 25 heavy (non-hydrogen) atoms. The summed E-state index contributed by atoms with van der Waals surface area (Å²) >= 11 is 11.4. The summed E-state index contributed by atoms with van der Waals surface area (Å²) in [7, 11) is 0. The quantitative estimate of drug-likeness (QED) is 0.710. The van der Waals surface area contributed by atoms with Gasteiger partial charge in [0, 0.05) is 6.07 Å². The van der Waals surface area contributed by atoms with Crippen LogP contribution in [-0.2, 0) is 11.0 Å². The fraction of sp³-hybridized carbons (Fsp3) is 0.188.